The summed E-state index contributed by atoms with van der Waals surface area (Å²) in [6, 6.07) is 26.6. The number of halogens is 1. The molecule has 2 heterocycles. The molecule has 0 saturated heterocycles. The average Bonchev–Trinajstić information content (AvgIpc) is 3.26. The molecule has 0 aliphatic heterocycles. The van der Waals surface area contributed by atoms with E-state index in [1.165, 1.54) is 0 Å². The minimum atomic E-state index is 0.633. The quantitative estimate of drug-likeness (QED) is 0.296. The Bertz CT molecular complexity index is 1490. The first-order chi connectivity index (χ1) is 13.3. The maximum Gasteiger partial charge on any atom is 0.153 e. The van der Waals surface area contributed by atoms with Crippen LogP contribution in [0.15, 0.2) is 87.7 Å². The van der Waals surface area contributed by atoms with Crippen molar-refractivity contribution in [1.29, 1.82) is 0 Å². The Morgan fingerprint density at radius 1 is 0.519 bits per heavy atom. The van der Waals surface area contributed by atoms with Crippen molar-refractivity contribution in [2.45, 2.75) is 0 Å². The van der Waals surface area contributed by atoms with E-state index in [-0.39, 0.29) is 0 Å². The summed E-state index contributed by atoms with van der Waals surface area (Å²) < 4.78 is 12.1. The van der Waals surface area contributed by atoms with E-state index >= 15 is 0 Å². The summed E-state index contributed by atoms with van der Waals surface area (Å²) in [4.78, 5) is 0. The third kappa shape index (κ3) is 2.14. The zero-order chi connectivity index (χ0) is 18.0. The molecule has 0 amide bonds. The van der Waals surface area contributed by atoms with E-state index in [4.69, 9.17) is 20.4 Å². The first-order valence-electron chi connectivity index (χ1n) is 8.80. The van der Waals surface area contributed by atoms with Crippen molar-refractivity contribution in [3.8, 4) is 11.1 Å². The second-order valence-corrected chi connectivity index (χ2v) is 7.15. The third-order valence-electron chi connectivity index (χ3n) is 5.16. The zero-order valence-electron chi connectivity index (χ0n) is 14.2. The SMILES string of the molecule is Clc1cccc2c1oc1cc(-c3ccc4c(c3)oc3ccccc34)ccc12. The van der Waals surface area contributed by atoms with Crippen LogP contribution in [0.25, 0.3) is 55.0 Å². The molecule has 0 N–H and O–H groups in total. The number of hydrogen-bond acceptors (Lipinski definition) is 2. The molecule has 0 aliphatic carbocycles. The maximum absolute atomic E-state index is 6.28. The van der Waals surface area contributed by atoms with E-state index in [2.05, 4.69) is 42.5 Å². The van der Waals surface area contributed by atoms with Gasteiger partial charge in [-0.05, 0) is 47.5 Å². The largest absolute Gasteiger partial charge is 0.456 e. The van der Waals surface area contributed by atoms with Gasteiger partial charge >= 0.3 is 0 Å². The van der Waals surface area contributed by atoms with E-state index in [1.807, 2.05) is 36.4 Å². The van der Waals surface area contributed by atoms with Crippen LogP contribution in [-0.2, 0) is 0 Å². The molecule has 0 aliphatic rings. The Labute approximate surface area is 159 Å². The van der Waals surface area contributed by atoms with Crippen LogP contribution in [0, 0.1) is 0 Å². The van der Waals surface area contributed by atoms with Crippen molar-refractivity contribution in [3.05, 3.63) is 83.9 Å². The average molecular weight is 369 g/mol. The summed E-state index contributed by atoms with van der Waals surface area (Å²) in [5.41, 5.74) is 5.54. The summed E-state index contributed by atoms with van der Waals surface area (Å²) in [5, 5.41) is 5.01. The molecular formula is C24H13ClO2. The van der Waals surface area contributed by atoms with E-state index in [9.17, 15) is 0 Å². The van der Waals surface area contributed by atoms with Gasteiger partial charge in [-0.15, -0.1) is 0 Å². The Balaban J connectivity index is 1.57. The van der Waals surface area contributed by atoms with Crippen LogP contribution >= 0.6 is 11.6 Å². The molecule has 0 saturated carbocycles. The molecule has 128 valence electrons. The van der Waals surface area contributed by atoms with Gasteiger partial charge < -0.3 is 8.83 Å². The highest BCUT2D eigenvalue weighted by atomic mass is 35.5. The number of hydrogen-bond donors (Lipinski definition) is 0. The van der Waals surface area contributed by atoms with E-state index in [0.717, 1.165) is 55.0 Å². The van der Waals surface area contributed by atoms with Crippen molar-refractivity contribution in [2.75, 3.05) is 0 Å². The number of furan rings is 2. The fourth-order valence-corrected chi connectivity index (χ4v) is 4.06. The number of benzene rings is 4. The van der Waals surface area contributed by atoms with E-state index in [0.29, 0.717) is 5.02 Å². The van der Waals surface area contributed by atoms with Crippen LogP contribution in [-0.4, -0.2) is 0 Å². The third-order valence-corrected chi connectivity index (χ3v) is 5.46. The molecule has 6 aromatic rings. The van der Waals surface area contributed by atoms with Crippen molar-refractivity contribution in [1.82, 2.24) is 0 Å². The molecule has 3 heteroatoms. The molecule has 6 rings (SSSR count). The minimum Gasteiger partial charge on any atom is -0.456 e. The van der Waals surface area contributed by atoms with E-state index in [1.54, 1.807) is 0 Å². The van der Waals surface area contributed by atoms with Crippen LogP contribution in [0.4, 0.5) is 0 Å². The zero-order valence-corrected chi connectivity index (χ0v) is 15.0. The monoisotopic (exact) mass is 368 g/mol. The van der Waals surface area contributed by atoms with Gasteiger partial charge in [0.1, 0.15) is 16.7 Å². The highest BCUT2D eigenvalue weighted by molar-refractivity contribution is 6.35. The Morgan fingerprint density at radius 2 is 1.15 bits per heavy atom. The van der Waals surface area contributed by atoms with Crippen LogP contribution in [0.1, 0.15) is 0 Å². The normalized spacial score (nSPS) is 11.9. The molecule has 4 aromatic carbocycles. The van der Waals surface area contributed by atoms with Gasteiger partial charge in [0.25, 0.3) is 0 Å². The molecule has 0 fully saturated rings. The second kappa shape index (κ2) is 5.38. The number of para-hydroxylation sites is 2. The maximum atomic E-state index is 6.28. The number of fused-ring (bicyclic) bond motifs is 6. The van der Waals surface area contributed by atoms with Gasteiger partial charge in [0, 0.05) is 21.5 Å². The Morgan fingerprint density at radius 3 is 1.96 bits per heavy atom. The van der Waals surface area contributed by atoms with Gasteiger partial charge in [0.05, 0.1) is 5.02 Å². The summed E-state index contributed by atoms with van der Waals surface area (Å²) in [6.07, 6.45) is 0. The summed E-state index contributed by atoms with van der Waals surface area (Å²) in [5.74, 6) is 0. The van der Waals surface area contributed by atoms with Crippen LogP contribution in [0.5, 0.6) is 0 Å². The minimum absolute atomic E-state index is 0.633. The van der Waals surface area contributed by atoms with Gasteiger partial charge in [0.15, 0.2) is 5.58 Å². The Kier molecular flexibility index (Phi) is 2.97. The fourth-order valence-electron chi connectivity index (χ4n) is 3.85. The predicted molar refractivity (Wildman–Crippen MR) is 111 cm³/mol. The first-order valence-corrected chi connectivity index (χ1v) is 9.18. The topological polar surface area (TPSA) is 26.3 Å². The molecular weight excluding hydrogens is 356 g/mol. The molecule has 2 nitrogen and oxygen atoms in total. The molecule has 0 radical (unpaired) electrons. The standard InChI is InChI=1S/C24H13ClO2/c25-20-6-3-5-19-18-11-9-15(13-23(18)27-24(19)20)14-8-10-17-16-4-1-2-7-21(16)26-22(17)12-14/h1-13H. The van der Waals surface area contributed by atoms with Crippen molar-refractivity contribution in [2.24, 2.45) is 0 Å². The van der Waals surface area contributed by atoms with Crippen molar-refractivity contribution in [3.63, 3.8) is 0 Å². The molecule has 0 unspecified atom stereocenters. The summed E-state index contributed by atoms with van der Waals surface area (Å²) in [6.45, 7) is 0. The number of rotatable bonds is 1. The summed E-state index contributed by atoms with van der Waals surface area (Å²) >= 11 is 6.28. The Hall–Kier alpha value is -3.23. The van der Waals surface area contributed by atoms with Crippen LogP contribution in [0.3, 0.4) is 0 Å². The highest BCUT2D eigenvalue weighted by Gasteiger charge is 2.12. The van der Waals surface area contributed by atoms with Gasteiger partial charge in [-0.1, -0.05) is 54.1 Å². The lowest BCUT2D eigenvalue weighted by Crippen LogP contribution is -1.77. The highest BCUT2D eigenvalue weighted by Crippen LogP contribution is 2.37. The van der Waals surface area contributed by atoms with Gasteiger partial charge in [-0.2, -0.15) is 0 Å². The molecule has 2 aromatic heterocycles. The van der Waals surface area contributed by atoms with Crippen LogP contribution in [0.2, 0.25) is 5.02 Å². The molecule has 0 atom stereocenters. The predicted octanol–water partition coefficient (Wildman–Crippen LogP) is 7.81. The van der Waals surface area contributed by atoms with Crippen LogP contribution < -0.4 is 0 Å². The summed E-state index contributed by atoms with van der Waals surface area (Å²) in [7, 11) is 0. The van der Waals surface area contributed by atoms with Gasteiger partial charge in [-0.3, -0.25) is 0 Å². The van der Waals surface area contributed by atoms with E-state index < -0.39 is 0 Å². The van der Waals surface area contributed by atoms with Crippen molar-refractivity contribution < 1.29 is 8.83 Å². The lowest BCUT2D eigenvalue weighted by molar-refractivity contribution is 0.668. The van der Waals surface area contributed by atoms with Gasteiger partial charge in [-0.25, -0.2) is 0 Å². The van der Waals surface area contributed by atoms with Crippen molar-refractivity contribution >= 4 is 55.5 Å². The molecule has 0 bridgehead atoms. The van der Waals surface area contributed by atoms with Gasteiger partial charge in [0.2, 0.25) is 0 Å². The lowest BCUT2D eigenvalue weighted by Gasteiger charge is -2.02. The lowest BCUT2D eigenvalue weighted by atomic mass is 10.0. The fraction of sp³-hybridized carbons (Fsp3) is 0. The molecule has 0 spiro atoms. The molecule has 27 heavy (non-hydrogen) atoms. The smallest absolute Gasteiger partial charge is 0.153 e. The second-order valence-electron chi connectivity index (χ2n) is 6.74. The first kappa shape index (κ1) is 14.9.